The lowest BCUT2D eigenvalue weighted by Gasteiger charge is -2.29. The summed E-state index contributed by atoms with van der Waals surface area (Å²) in [5.41, 5.74) is 5.44. The summed E-state index contributed by atoms with van der Waals surface area (Å²) >= 11 is 0. The Morgan fingerprint density at radius 3 is 1.85 bits per heavy atom. The number of benzene rings is 2. The lowest BCUT2D eigenvalue weighted by atomic mass is 9.76. The van der Waals surface area contributed by atoms with Gasteiger partial charge in [0.05, 0.1) is 13.2 Å². The highest BCUT2D eigenvalue weighted by Crippen LogP contribution is 2.40. The van der Waals surface area contributed by atoms with Crippen molar-refractivity contribution in [2.45, 2.75) is 50.5 Å². The van der Waals surface area contributed by atoms with E-state index >= 15 is 0 Å². The van der Waals surface area contributed by atoms with Crippen molar-refractivity contribution in [1.29, 1.82) is 0 Å². The fourth-order valence-electron chi connectivity index (χ4n) is 3.91. The third-order valence-electron chi connectivity index (χ3n) is 5.56. The van der Waals surface area contributed by atoms with Crippen LogP contribution in [-0.4, -0.2) is 6.61 Å². The summed E-state index contributed by atoms with van der Waals surface area (Å²) in [6.07, 6.45) is 9.85. The van der Waals surface area contributed by atoms with E-state index in [-0.39, 0.29) is 0 Å². The van der Waals surface area contributed by atoms with Crippen LogP contribution in [0, 0.1) is 0 Å². The summed E-state index contributed by atoms with van der Waals surface area (Å²) in [6, 6.07) is 18.0. The minimum atomic E-state index is 0.696. The highest BCUT2D eigenvalue weighted by Gasteiger charge is 2.23. The third-order valence-corrected chi connectivity index (χ3v) is 5.56. The molecule has 0 bridgehead atoms. The summed E-state index contributed by atoms with van der Waals surface area (Å²) in [7, 11) is 0. The third kappa shape index (κ3) is 4.95. The smallest absolute Gasteiger partial charge is 0.0717 e. The summed E-state index contributed by atoms with van der Waals surface area (Å²) in [6.45, 7) is 9.00. The van der Waals surface area contributed by atoms with Crippen LogP contribution >= 0.6 is 0 Å². The predicted molar refractivity (Wildman–Crippen MR) is 111 cm³/mol. The Kier molecular flexibility index (Phi) is 6.85. The van der Waals surface area contributed by atoms with Crippen molar-refractivity contribution in [3.05, 3.63) is 90.0 Å². The average molecular weight is 347 g/mol. The highest BCUT2D eigenvalue weighted by atomic mass is 16.5. The van der Waals surface area contributed by atoms with Crippen molar-refractivity contribution in [3.63, 3.8) is 0 Å². The average Bonchev–Trinajstić information content (AvgIpc) is 2.72. The van der Waals surface area contributed by atoms with Gasteiger partial charge in [0.1, 0.15) is 0 Å². The quantitative estimate of drug-likeness (QED) is 0.374. The molecule has 1 saturated carbocycles. The maximum absolute atomic E-state index is 5.65. The van der Waals surface area contributed by atoms with Crippen LogP contribution in [0.5, 0.6) is 0 Å². The zero-order chi connectivity index (χ0) is 18.2. The van der Waals surface area contributed by atoms with Gasteiger partial charge in [-0.25, -0.2) is 0 Å². The van der Waals surface area contributed by atoms with Crippen molar-refractivity contribution in [1.82, 2.24) is 0 Å². The summed E-state index contributed by atoms with van der Waals surface area (Å²) in [4.78, 5) is 0. The second kappa shape index (κ2) is 9.54. The molecular weight excluding hydrogens is 316 g/mol. The lowest BCUT2D eigenvalue weighted by Crippen LogP contribution is -2.12. The van der Waals surface area contributed by atoms with Crippen molar-refractivity contribution in [3.8, 4) is 0 Å². The predicted octanol–water partition coefficient (Wildman–Crippen LogP) is 6.86. The van der Waals surface area contributed by atoms with Crippen LogP contribution in [0.4, 0.5) is 0 Å². The van der Waals surface area contributed by atoms with Gasteiger partial charge in [-0.3, -0.25) is 0 Å². The van der Waals surface area contributed by atoms with E-state index in [9.17, 15) is 0 Å². The van der Waals surface area contributed by atoms with Gasteiger partial charge in [-0.1, -0.05) is 67.3 Å². The standard InChI is InChI=1S/C25H30O/c1-3-5-18-26-19-21-8-12-23(13-9-21)25-16-14-24(15-17-25)22-10-6-20(4-2)7-11-22/h3-4,6-13,24-25H,1-2,5,14-19H2/t24-,25-. The van der Waals surface area contributed by atoms with Crippen LogP contribution in [0.3, 0.4) is 0 Å². The fraction of sp³-hybridized carbons (Fsp3) is 0.360. The summed E-state index contributed by atoms with van der Waals surface area (Å²) in [5, 5.41) is 0. The molecule has 0 heterocycles. The molecule has 0 aromatic heterocycles. The molecule has 1 aliphatic rings. The van der Waals surface area contributed by atoms with Gasteiger partial charge in [0.2, 0.25) is 0 Å². The molecule has 0 atom stereocenters. The van der Waals surface area contributed by atoms with Crippen LogP contribution < -0.4 is 0 Å². The first-order valence-electron chi connectivity index (χ1n) is 9.80. The fourth-order valence-corrected chi connectivity index (χ4v) is 3.91. The molecule has 3 rings (SSSR count). The molecule has 0 N–H and O–H groups in total. The normalized spacial score (nSPS) is 19.8. The van der Waals surface area contributed by atoms with Gasteiger partial charge < -0.3 is 4.74 Å². The molecule has 0 unspecified atom stereocenters. The number of rotatable bonds is 8. The molecule has 1 aliphatic carbocycles. The zero-order valence-corrected chi connectivity index (χ0v) is 15.7. The number of hydrogen-bond acceptors (Lipinski definition) is 1. The Morgan fingerprint density at radius 2 is 1.35 bits per heavy atom. The lowest BCUT2D eigenvalue weighted by molar-refractivity contribution is 0.125. The molecule has 26 heavy (non-hydrogen) atoms. The van der Waals surface area contributed by atoms with Gasteiger partial charge in [-0.15, -0.1) is 6.58 Å². The molecule has 2 aromatic rings. The highest BCUT2D eigenvalue weighted by molar-refractivity contribution is 5.47. The Bertz CT molecular complexity index is 688. The van der Waals surface area contributed by atoms with Gasteiger partial charge in [-0.05, 0) is 66.2 Å². The van der Waals surface area contributed by atoms with Gasteiger partial charge in [0.15, 0.2) is 0 Å². The van der Waals surface area contributed by atoms with E-state index in [4.69, 9.17) is 4.74 Å². The van der Waals surface area contributed by atoms with E-state index < -0.39 is 0 Å². The summed E-state index contributed by atoms with van der Waals surface area (Å²) in [5.74, 6) is 1.41. The van der Waals surface area contributed by atoms with Crippen LogP contribution in [0.1, 0.15) is 66.2 Å². The molecule has 0 amide bonds. The Balaban J connectivity index is 1.50. The van der Waals surface area contributed by atoms with Gasteiger partial charge in [-0.2, -0.15) is 0 Å². The van der Waals surface area contributed by atoms with Crippen molar-refractivity contribution >= 4 is 6.08 Å². The minimum Gasteiger partial charge on any atom is -0.376 e. The first-order chi connectivity index (χ1) is 12.8. The zero-order valence-electron chi connectivity index (χ0n) is 15.7. The molecular formula is C25H30O. The van der Waals surface area contributed by atoms with Gasteiger partial charge >= 0.3 is 0 Å². The number of ether oxygens (including phenoxy) is 1. The minimum absolute atomic E-state index is 0.696. The second-order valence-electron chi connectivity index (χ2n) is 7.29. The van der Waals surface area contributed by atoms with Crippen LogP contribution in [0.2, 0.25) is 0 Å². The van der Waals surface area contributed by atoms with Crippen LogP contribution in [-0.2, 0) is 11.3 Å². The molecule has 136 valence electrons. The van der Waals surface area contributed by atoms with E-state index in [1.807, 2.05) is 12.2 Å². The summed E-state index contributed by atoms with van der Waals surface area (Å²) < 4.78 is 5.65. The Morgan fingerprint density at radius 1 is 0.808 bits per heavy atom. The van der Waals surface area contributed by atoms with Crippen molar-refractivity contribution in [2.24, 2.45) is 0 Å². The number of hydrogen-bond donors (Lipinski definition) is 0. The van der Waals surface area contributed by atoms with E-state index in [1.54, 1.807) is 0 Å². The Hall–Kier alpha value is -2.12. The van der Waals surface area contributed by atoms with E-state index in [0.29, 0.717) is 18.4 Å². The topological polar surface area (TPSA) is 9.23 Å². The monoisotopic (exact) mass is 346 g/mol. The maximum atomic E-state index is 5.65. The maximum Gasteiger partial charge on any atom is 0.0717 e. The van der Waals surface area contributed by atoms with Gasteiger partial charge in [0, 0.05) is 0 Å². The van der Waals surface area contributed by atoms with Crippen molar-refractivity contribution < 1.29 is 4.74 Å². The second-order valence-corrected chi connectivity index (χ2v) is 7.29. The van der Waals surface area contributed by atoms with Crippen LogP contribution in [0.15, 0.2) is 67.8 Å². The first kappa shape index (κ1) is 18.7. The molecule has 1 fully saturated rings. The molecule has 0 radical (unpaired) electrons. The largest absolute Gasteiger partial charge is 0.376 e. The SMILES string of the molecule is C=CCCOCc1ccc([C@H]2CC[C@H](c3ccc(C=C)cc3)CC2)cc1. The molecule has 0 aliphatic heterocycles. The Labute approximate surface area is 158 Å². The molecule has 0 saturated heterocycles. The van der Waals surface area contributed by atoms with E-state index in [1.165, 1.54) is 47.9 Å². The van der Waals surface area contributed by atoms with Crippen LogP contribution in [0.25, 0.3) is 6.08 Å². The van der Waals surface area contributed by atoms with Crippen molar-refractivity contribution in [2.75, 3.05) is 6.61 Å². The molecule has 1 nitrogen and oxygen atoms in total. The molecule has 2 aromatic carbocycles. The molecule has 1 heteroatoms. The van der Waals surface area contributed by atoms with Gasteiger partial charge in [0.25, 0.3) is 0 Å². The van der Waals surface area contributed by atoms with E-state index in [2.05, 4.69) is 61.7 Å². The first-order valence-corrected chi connectivity index (χ1v) is 9.80. The molecule has 0 spiro atoms. The van der Waals surface area contributed by atoms with E-state index in [0.717, 1.165) is 13.0 Å².